The Labute approximate surface area is 172 Å². The van der Waals surface area contributed by atoms with Crippen molar-refractivity contribution in [3.63, 3.8) is 0 Å². The minimum atomic E-state index is -3.57. The van der Waals surface area contributed by atoms with Crippen LogP contribution in [0.1, 0.15) is 23.7 Å². The van der Waals surface area contributed by atoms with Crippen molar-refractivity contribution in [3.8, 4) is 0 Å². The molecule has 2 aromatic rings. The van der Waals surface area contributed by atoms with E-state index in [2.05, 4.69) is 10.4 Å². The fourth-order valence-corrected chi connectivity index (χ4v) is 5.05. The number of piperazine rings is 1. The maximum atomic E-state index is 13.0. The Balaban J connectivity index is 1.58. The van der Waals surface area contributed by atoms with Crippen molar-refractivity contribution in [2.45, 2.75) is 39.1 Å². The molecule has 1 saturated heterocycles. The molecule has 0 unspecified atom stereocenters. The Morgan fingerprint density at radius 3 is 2.45 bits per heavy atom. The zero-order valence-corrected chi connectivity index (χ0v) is 18.3. The molecule has 1 amide bonds. The lowest BCUT2D eigenvalue weighted by atomic mass is 10.1. The van der Waals surface area contributed by atoms with Crippen LogP contribution in [0, 0.1) is 20.8 Å². The zero-order valence-electron chi connectivity index (χ0n) is 17.5. The molecule has 1 fully saturated rings. The van der Waals surface area contributed by atoms with Crippen molar-refractivity contribution < 1.29 is 13.2 Å². The Morgan fingerprint density at radius 1 is 1.14 bits per heavy atom. The summed E-state index contributed by atoms with van der Waals surface area (Å²) in [5.74, 6) is -0.0879. The number of aromatic nitrogens is 2. The number of carbonyl (C=O) groups excluding carboxylic acids is 1. The number of carbonyl (C=O) groups is 1. The number of aryl methyl sites for hydroxylation is 3. The average molecular weight is 420 g/mol. The largest absolute Gasteiger partial charge is 0.325 e. The van der Waals surface area contributed by atoms with Gasteiger partial charge in [-0.1, -0.05) is 12.1 Å². The van der Waals surface area contributed by atoms with Gasteiger partial charge in [0.15, 0.2) is 0 Å². The zero-order chi connectivity index (χ0) is 21.2. The van der Waals surface area contributed by atoms with E-state index in [1.54, 1.807) is 17.8 Å². The summed E-state index contributed by atoms with van der Waals surface area (Å²) < 4.78 is 29.0. The lowest BCUT2D eigenvalue weighted by molar-refractivity contribution is -0.117. The van der Waals surface area contributed by atoms with Gasteiger partial charge in [0.25, 0.3) is 0 Å². The predicted molar refractivity (Wildman–Crippen MR) is 112 cm³/mol. The Kier molecular flexibility index (Phi) is 6.40. The number of hydrogen-bond acceptors (Lipinski definition) is 5. The minimum Gasteiger partial charge on any atom is -0.325 e. The van der Waals surface area contributed by atoms with Gasteiger partial charge in [-0.05, 0) is 44.9 Å². The molecule has 9 heteroatoms. The highest BCUT2D eigenvalue weighted by Crippen LogP contribution is 2.21. The van der Waals surface area contributed by atoms with Gasteiger partial charge in [-0.2, -0.15) is 9.40 Å². The smallest absolute Gasteiger partial charge is 0.246 e. The van der Waals surface area contributed by atoms with Crippen molar-refractivity contribution in [3.05, 3.63) is 41.2 Å². The van der Waals surface area contributed by atoms with Crippen LogP contribution in [0.5, 0.6) is 0 Å². The molecule has 0 spiro atoms. The molecule has 1 aliphatic rings. The molecule has 0 aliphatic carbocycles. The lowest BCUT2D eigenvalue weighted by Gasteiger charge is -2.33. The normalized spacial score (nSPS) is 16.1. The van der Waals surface area contributed by atoms with Crippen LogP contribution in [0.25, 0.3) is 0 Å². The van der Waals surface area contributed by atoms with E-state index in [4.69, 9.17) is 0 Å². The van der Waals surface area contributed by atoms with Gasteiger partial charge in [0, 0.05) is 44.6 Å². The Bertz CT molecular complexity index is 992. The number of nitrogens with zero attached hydrogens (tertiary/aromatic N) is 4. The van der Waals surface area contributed by atoms with Crippen LogP contribution < -0.4 is 5.32 Å². The molecule has 0 saturated carbocycles. The first-order chi connectivity index (χ1) is 13.7. The van der Waals surface area contributed by atoms with E-state index in [0.717, 1.165) is 16.8 Å². The highest BCUT2D eigenvalue weighted by molar-refractivity contribution is 7.89. The fourth-order valence-electron chi connectivity index (χ4n) is 3.46. The van der Waals surface area contributed by atoms with Gasteiger partial charge in [0.1, 0.15) is 4.90 Å². The number of sulfonamides is 1. The minimum absolute atomic E-state index is 0.0879. The fraction of sp³-hybridized carbons (Fsp3) is 0.500. The van der Waals surface area contributed by atoms with E-state index < -0.39 is 10.0 Å². The number of hydrogen-bond donors (Lipinski definition) is 1. The van der Waals surface area contributed by atoms with Crippen molar-refractivity contribution in [2.75, 3.05) is 38.0 Å². The van der Waals surface area contributed by atoms with Crippen molar-refractivity contribution in [1.82, 2.24) is 19.0 Å². The second-order valence-electron chi connectivity index (χ2n) is 7.41. The lowest BCUT2D eigenvalue weighted by Crippen LogP contribution is -2.50. The van der Waals surface area contributed by atoms with Crippen LogP contribution in [-0.2, 0) is 21.4 Å². The maximum absolute atomic E-state index is 13.0. The Hall–Kier alpha value is -2.23. The third-order valence-electron chi connectivity index (χ3n) is 5.42. The van der Waals surface area contributed by atoms with E-state index in [1.807, 2.05) is 43.9 Å². The number of rotatable bonds is 6. The summed E-state index contributed by atoms with van der Waals surface area (Å²) in [6, 6.07) is 5.82. The van der Waals surface area contributed by atoms with E-state index in [0.29, 0.717) is 38.4 Å². The average Bonchev–Trinajstić information content (AvgIpc) is 3.07. The van der Waals surface area contributed by atoms with Crippen LogP contribution in [0.2, 0.25) is 0 Å². The molecule has 8 nitrogen and oxygen atoms in total. The predicted octanol–water partition coefficient (Wildman–Crippen LogP) is 1.77. The van der Waals surface area contributed by atoms with Crippen molar-refractivity contribution in [2.24, 2.45) is 0 Å². The number of amides is 1. The van der Waals surface area contributed by atoms with Crippen LogP contribution in [0.4, 0.5) is 5.69 Å². The summed E-state index contributed by atoms with van der Waals surface area (Å²) in [4.78, 5) is 14.7. The third kappa shape index (κ3) is 4.68. The first kappa shape index (κ1) is 21.5. The SMILES string of the molecule is CCn1cc(S(=O)(=O)N2CCN(CC(=O)Nc3cccc(C)c3C)CC2)c(C)n1. The van der Waals surface area contributed by atoms with Gasteiger partial charge in [0.2, 0.25) is 15.9 Å². The summed E-state index contributed by atoms with van der Waals surface area (Å²) in [7, 11) is -3.57. The standard InChI is InChI=1S/C20H29N5O3S/c1-5-24-13-19(17(4)22-24)29(27,28)25-11-9-23(10-12-25)14-20(26)21-18-8-6-7-15(2)16(18)3/h6-8,13H,5,9-12,14H2,1-4H3,(H,21,26). The summed E-state index contributed by atoms with van der Waals surface area (Å²) in [5.41, 5.74) is 3.52. The van der Waals surface area contributed by atoms with Crippen molar-refractivity contribution in [1.29, 1.82) is 0 Å². The second kappa shape index (κ2) is 8.64. The molecule has 29 heavy (non-hydrogen) atoms. The topological polar surface area (TPSA) is 87.5 Å². The van der Waals surface area contributed by atoms with Gasteiger partial charge in [-0.15, -0.1) is 0 Å². The van der Waals surface area contributed by atoms with Gasteiger partial charge in [0.05, 0.1) is 12.2 Å². The molecule has 3 rings (SSSR count). The summed E-state index contributed by atoms with van der Waals surface area (Å²) in [6.07, 6.45) is 1.59. The summed E-state index contributed by atoms with van der Waals surface area (Å²) >= 11 is 0. The van der Waals surface area contributed by atoms with Crippen LogP contribution in [0.3, 0.4) is 0 Å². The molecule has 1 aliphatic heterocycles. The molecule has 1 aromatic heterocycles. The molecule has 158 valence electrons. The van der Waals surface area contributed by atoms with E-state index in [9.17, 15) is 13.2 Å². The second-order valence-corrected chi connectivity index (χ2v) is 9.32. The van der Waals surface area contributed by atoms with Gasteiger partial charge in [-0.3, -0.25) is 14.4 Å². The van der Waals surface area contributed by atoms with E-state index >= 15 is 0 Å². The molecule has 0 bridgehead atoms. The maximum Gasteiger partial charge on any atom is 0.246 e. The highest BCUT2D eigenvalue weighted by atomic mass is 32.2. The molecule has 2 heterocycles. The van der Waals surface area contributed by atoms with Crippen LogP contribution >= 0.6 is 0 Å². The van der Waals surface area contributed by atoms with E-state index in [-0.39, 0.29) is 17.3 Å². The molecule has 0 radical (unpaired) electrons. The monoisotopic (exact) mass is 419 g/mol. The van der Waals surface area contributed by atoms with Crippen LogP contribution in [0.15, 0.2) is 29.3 Å². The van der Waals surface area contributed by atoms with Crippen molar-refractivity contribution >= 4 is 21.6 Å². The first-order valence-corrected chi connectivity index (χ1v) is 11.3. The quantitative estimate of drug-likeness (QED) is 0.771. The highest BCUT2D eigenvalue weighted by Gasteiger charge is 2.31. The summed E-state index contributed by atoms with van der Waals surface area (Å²) in [5, 5.41) is 7.20. The third-order valence-corrected chi connectivity index (χ3v) is 7.42. The van der Waals surface area contributed by atoms with Gasteiger partial charge >= 0.3 is 0 Å². The first-order valence-electron chi connectivity index (χ1n) is 9.85. The molecule has 1 N–H and O–H groups in total. The van der Waals surface area contributed by atoms with Crippen LogP contribution in [-0.4, -0.2) is 66.0 Å². The summed E-state index contributed by atoms with van der Waals surface area (Å²) in [6.45, 7) is 10.2. The molecular formula is C20H29N5O3S. The van der Waals surface area contributed by atoms with Gasteiger partial charge in [-0.25, -0.2) is 8.42 Å². The number of anilines is 1. The molecule has 0 atom stereocenters. The van der Waals surface area contributed by atoms with E-state index in [1.165, 1.54) is 4.31 Å². The Morgan fingerprint density at radius 2 is 1.83 bits per heavy atom. The molecule has 1 aromatic carbocycles. The molecular weight excluding hydrogens is 390 g/mol. The van der Waals surface area contributed by atoms with Gasteiger partial charge < -0.3 is 5.32 Å². The number of benzene rings is 1. The number of nitrogens with one attached hydrogen (secondary N) is 1.